The molecule has 1 aromatic carbocycles. The van der Waals surface area contributed by atoms with E-state index in [1.54, 1.807) is 29.8 Å². The van der Waals surface area contributed by atoms with Crippen LogP contribution in [0.2, 0.25) is 5.02 Å². The number of hydrogen-bond acceptors (Lipinski definition) is 1. The Bertz CT molecular complexity index is 197. The third-order valence-electron chi connectivity index (χ3n) is 1.18. The summed E-state index contributed by atoms with van der Waals surface area (Å²) in [7, 11) is 0. The molecule has 1 aromatic rings. The molecular formula is C7H7ClFN. The molecule has 0 fully saturated rings. The van der Waals surface area contributed by atoms with Crippen LogP contribution in [-0.4, -0.2) is 0 Å². The second kappa shape index (κ2) is 3.54. The molecule has 0 unspecified atom stereocenters. The summed E-state index contributed by atoms with van der Waals surface area (Å²) < 4.78 is 11.5. The number of nitrogens with one attached hydrogen (secondary N) is 1. The van der Waals surface area contributed by atoms with E-state index >= 15 is 0 Å². The Hall–Kier alpha value is -0.600. The van der Waals surface area contributed by atoms with Crippen LogP contribution in [0, 0.1) is 0 Å². The van der Waals surface area contributed by atoms with Gasteiger partial charge in [-0.15, -0.1) is 4.48 Å². The van der Waals surface area contributed by atoms with Crippen LogP contribution in [0.4, 0.5) is 4.48 Å². The molecule has 0 radical (unpaired) electrons. The first-order chi connectivity index (χ1) is 4.83. The average molecular weight is 160 g/mol. The predicted octanol–water partition coefficient (Wildman–Crippen LogP) is 2.31. The van der Waals surface area contributed by atoms with Crippen molar-refractivity contribution in [3.63, 3.8) is 0 Å². The summed E-state index contributed by atoms with van der Waals surface area (Å²) in [4.78, 5) is 0. The van der Waals surface area contributed by atoms with Crippen LogP contribution in [0.3, 0.4) is 0 Å². The maximum absolute atomic E-state index is 11.5. The van der Waals surface area contributed by atoms with Crippen LogP contribution in [0.5, 0.6) is 0 Å². The number of hydrogen-bond donors (Lipinski definition) is 1. The molecule has 0 saturated carbocycles. The van der Waals surface area contributed by atoms with Crippen molar-refractivity contribution >= 4 is 11.6 Å². The molecule has 0 aliphatic heterocycles. The highest BCUT2D eigenvalue weighted by Gasteiger charge is 1.89. The fraction of sp³-hybridized carbons (Fsp3) is 0.143. The van der Waals surface area contributed by atoms with Crippen LogP contribution in [-0.2, 0) is 6.54 Å². The van der Waals surface area contributed by atoms with Gasteiger partial charge in [-0.25, -0.2) is 0 Å². The van der Waals surface area contributed by atoms with Crippen molar-refractivity contribution in [1.29, 1.82) is 0 Å². The van der Waals surface area contributed by atoms with Gasteiger partial charge in [-0.05, 0) is 17.7 Å². The normalized spacial score (nSPS) is 9.80. The van der Waals surface area contributed by atoms with E-state index in [9.17, 15) is 4.48 Å². The van der Waals surface area contributed by atoms with E-state index in [0.717, 1.165) is 5.56 Å². The van der Waals surface area contributed by atoms with E-state index in [4.69, 9.17) is 11.6 Å². The lowest BCUT2D eigenvalue weighted by Crippen LogP contribution is -1.98. The van der Waals surface area contributed by atoms with Gasteiger partial charge < -0.3 is 0 Å². The Kier molecular flexibility index (Phi) is 2.66. The van der Waals surface area contributed by atoms with Crippen molar-refractivity contribution in [2.45, 2.75) is 6.54 Å². The third-order valence-corrected chi connectivity index (χ3v) is 1.44. The van der Waals surface area contributed by atoms with Gasteiger partial charge in [-0.3, -0.25) is 0 Å². The van der Waals surface area contributed by atoms with E-state index < -0.39 is 0 Å². The third kappa shape index (κ3) is 1.97. The summed E-state index contributed by atoms with van der Waals surface area (Å²) in [6, 6.07) is 7.01. The lowest BCUT2D eigenvalue weighted by Gasteiger charge is -1.95. The van der Waals surface area contributed by atoms with Gasteiger partial charge in [0.05, 0.1) is 6.54 Å². The average Bonchev–Trinajstić information content (AvgIpc) is 1.95. The monoisotopic (exact) mass is 159 g/mol. The molecule has 1 nitrogen and oxygen atoms in total. The fourth-order valence-electron chi connectivity index (χ4n) is 0.679. The molecule has 0 saturated heterocycles. The molecule has 0 aromatic heterocycles. The highest BCUT2D eigenvalue weighted by atomic mass is 35.5. The number of halogens is 2. The van der Waals surface area contributed by atoms with Gasteiger partial charge in [-0.1, -0.05) is 23.7 Å². The van der Waals surface area contributed by atoms with E-state index in [2.05, 4.69) is 0 Å². The highest BCUT2D eigenvalue weighted by Crippen LogP contribution is 2.08. The highest BCUT2D eigenvalue weighted by molar-refractivity contribution is 6.30. The van der Waals surface area contributed by atoms with Gasteiger partial charge in [0, 0.05) is 5.02 Å². The van der Waals surface area contributed by atoms with Gasteiger partial charge in [-0.2, -0.15) is 5.54 Å². The van der Waals surface area contributed by atoms with Crippen molar-refractivity contribution < 1.29 is 4.48 Å². The van der Waals surface area contributed by atoms with Crippen molar-refractivity contribution in [3.05, 3.63) is 34.9 Å². The Balaban J connectivity index is 2.69. The zero-order valence-corrected chi connectivity index (χ0v) is 6.03. The van der Waals surface area contributed by atoms with Gasteiger partial charge in [0.15, 0.2) is 0 Å². The molecule has 0 atom stereocenters. The molecule has 3 heteroatoms. The second-order valence-electron chi connectivity index (χ2n) is 1.94. The van der Waals surface area contributed by atoms with Crippen molar-refractivity contribution in [2.75, 3.05) is 0 Å². The van der Waals surface area contributed by atoms with Crippen LogP contribution >= 0.6 is 11.6 Å². The lowest BCUT2D eigenvalue weighted by molar-refractivity contribution is 0.330. The predicted molar refractivity (Wildman–Crippen MR) is 39.4 cm³/mol. The molecule has 1 rings (SSSR count). The van der Waals surface area contributed by atoms with E-state index in [1.165, 1.54) is 0 Å². The molecule has 0 aliphatic carbocycles. The van der Waals surface area contributed by atoms with Crippen LogP contribution in [0.25, 0.3) is 0 Å². The molecule has 10 heavy (non-hydrogen) atoms. The summed E-state index contributed by atoms with van der Waals surface area (Å²) in [5.74, 6) is 0. The quantitative estimate of drug-likeness (QED) is 0.653. The van der Waals surface area contributed by atoms with Crippen molar-refractivity contribution in [2.24, 2.45) is 0 Å². The second-order valence-corrected chi connectivity index (χ2v) is 2.37. The fourth-order valence-corrected chi connectivity index (χ4v) is 0.805. The summed E-state index contributed by atoms with van der Waals surface area (Å²) >= 11 is 5.60. The number of rotatable bonds is 2. The minimum absolute atomic E-state index is 0.233. The minimum Gasteiger partial charge on any atom is -0.155 e. The maximum Gasteiger partial charge on any atom is 0.0510 e. The van der Waals surface area contributed by atoms with E-state index in [-0.39, 0.29) is 6.54 Å². The first kappa shape index (κ1) is 7.51. The van der Waals surface area contributed by atoms with Crippen molar-refractivity contribution in [1.82, 2.24) is 5.54 Å². The topological polar surface area (TPSA) is 12.0 Å². The Morgan fingerprint density at radius 3 is 2.40 bits per heavy atom. The van der Waals surface area contributed by atoms with Gasteiger partial charge in [0.1, 0.15) is 0 Å². The molecular weight excluding hydrogens is 153 g/mol. The van der Waals surface area contributed by atoms with Crippen LogP contribution in [0.1, 0.15) is 5.56 Å². The molecule has 0 aliphatic rings. The van der Waals surface area contributed by atoms with E-state index in [0.29, 0.717) is 5.02 Å². The Morgan fingerprint density at radius 1 is 1.30 bits per heavy atom. The van der Waals surface area contributed by atoms with Crippen LogP contribution < -0.4 is 5.54 Å². The number of benzene rings is 1. The summed E-state index contributed by atoms with van der Waals surface area (Å²) in [5.41, 5.74) is 2.44. The smallest absolute Gasteiger partial charge is 0.0510 e. The van der Waals surface area contributed by atoms with E-state index in [1.807, 2.05) is 0 Å². The minimum atomic E-state index is 0.233. The Labute approximate surface area is 63.8 Å². The standard InChI is InChI=1S/C7H7ClFN/c8-7-3-1-6(2-4-7)5-10-9/h1-4,10H,5H2. The SMILES string of the molecule is FNCc1ccc(Cl)cc1. The molecule has 0 heterocycles. The molecule has 54 valence electrons. The molecule has 0 amide bonds. The first-order valence-electron chi connectivity index (χ1n) is 2.91. The molecule has 0 spiro atoms. The van der Waals surface area contributed by atoms with Crippen LogP contribution in [0.15, 0.2) is 24.3 Å². The van der Waals surface area contributed by atoms with Gasteiger partial charge >= 0.3 is 0 Å². The van der Waals surface area contributed by atoms with Gasteiger partial charge in [0.25, 0.3) is 0 Å². The zero-order valence-electron chi connectivity index (χ0n) is 5.27. The lowest BCUT2D eigenvalue weighted by atomic mass is 10.2. The van der Waals surface area contributed by atoms with Crippen molar-refractivity contribution in [3.8, 4) is 0 Å². The molecule has 0 bridgehead atoms. The summed E-state index contributed by atoms with van der Waals surface area (Å²) in [6.07, 6.45) is 0. The Morgan fingerprint density at radius 2 is 1.90 bits per heavy atom. The largest absolute Gasteiger partial charge is 0.155 e. The zero-order chi connectivity index (χ0) is 7.40. The van der Waals surface area contributed by atoms with Gasteiger partial charge in [0.2, 0.25) is 0 Å². The summed E-state index contributed by atoms with van der Waals surface area (Å²) in [5, 5.41) is 0.669. The maximum atomic E-state index is 11.5. The first-order valence-corrected chi connectivity index (χ1v) is 3.28. The summed E-state index contributed by atoms with van der Waals surface area (Å²) in [6.45, 7) is 0.233. The molecule has 1 N–H and O–H groups in total.